The van der Waals surface area contributed by atoms with Crippen LogP contribution in [0.15, 0.2) is 24.3 Å². The van der Waals surface area contributed by atoms with Crippen LogP contribution in [0, 0.1) is 13.8 Å². The summed E-state index contributed by atoms with van der Waals surface area (Å²) in [6.07, 6.45) is 1.12. The molecule has 7 nitrogen and oxygen atoms in total. The third-order valence-electron chi connectivity index (χ3n) is 5.70. The lowest BCUT2D eigenvalue weighted by atomic mass is 10.0. The maximum Gasteiger partial charge on any atom is 0.257 e. The van der Waals surface area contributed by atoms with Crippen LogP contribution in [0.25, 0.3) is 0 Å². The van der Waals surface area contributed by atoms with Gasteiger partial charge in [-0.1, -0.05) is 19.1 Å². The van der Waals surface area contributed by atoms with E-state index in [2.05, 4.69) is 17.3 Å². The van der Waals surface area contributed by atoms with Crippen molar-refractivity contribution in [2.24, 2.45) is 0 Å². The molecule has 3 heterocycles. The van der Waals surface area contributed by atoms with Crippen LogP contribution in [0.2, 0.25) is 0 Å². The molecular weight excluding hydrogens is 376 g/mol. The molecule has 150 valence electrons. The van der Waals surface area contributed by atoms with Crippen LogP contribution in [0.5, 0.6) is 0 Å². The van der Waals surface area contributed by atoms with Gasteiger partial charge in [-0.3, -0.25) is 9.48 Å². The molecule has 2 aliphatic rings. The van der Waals surface area contributed by atoms with Crippen molar-refractivity contribution in [2.75, 3.05) is 23.4 Å². The highest BCUT2D eigenvalue weighted by Gasteiger charge is 2.37. The number of hydrogen-bond donors (Lipinski definition) is 1. The average Bonchev–Trinajstić information content (AvgIpc) is 3.16. The first kappa shape index (κ1) is 19.0. The average molecular weight is 403 g/mol. The SMILES string of the molecule is CCCN1C(=O)c2ccccc2N[C@@H]1c1c(C)nn([C@@H]2CCS(=O)(=O)C2)c1C. The fraction of sp³-hybridized carbons (Fsp3) is 0.500. The van der Waals surface area contributed by atoms with Gasteiger partial charge in [0.15, 0.2) is 9.84 Å². The molecule has 1 amide bonds. The van der Waals surface area contributed by atoms with Crippen molar-refractivity contribution in [3.05, 3.63) is 46.8 Å². The first-order chi connectivity index (χ1) is 13.3. The number of sulfone groups is 1. The molecule has 1 aromatic carbocycles. The van der Waals surface area contributed by atoms with Crippen LogP contribution in [0.1, 0.15) is 59.3 Å². The molecule has 0 unspecified atom stereocenters. The Morgan fingerprint density at radius 2 is 2.00 bits per heavy atom. The minimum absolute atomic E-state index is 0.0104. The lowest BCUT2D eigenvalue weighted by molar-refractivity contribution is 0.0682. The van der Waals surface area contributed by atoms with E-state index in [0.29, 0.717) is 18.5 Å². The van der Waals surface area contributed by atoms with E-state index in [0.717, 1.165) is 29.1 Å². The van der Waals surface area contributed by atoms with E-state index in [1.807, 2.05) is 47.7 Å². The maximum atomic E-state index is 13.1. The van der Waals surface area contributed by atoms with E-state index in [9.17, 15) is 13.2 Å². The van der Waals surface area contributed by atoms with Gasteiger partial charge in [-0.2, -0.15) is 5.10 Å². The number of aryl methyl sites for hydroxylation is 1. The van der Waals surface area contributed by atoms with Gasteiger partial charge < -0.3 is 10.2 Å². The molecule has 0 spiro atoms. The molecule has 0 radical (unpaired) electrons. The Kier molecular flexibility index (Phi) is 4.69. The number of hydrogen-bond acceptors (Lipinski definition) is 5. The van der Waals surface area contributed by atoms with Crippen LogP contribution < -0.4 is 5.32 Å². The predicted molar refractivity (Wildman–Crippen MR) is 108 cm³/mol. The molecule has 8 heteroatoms. The first-order valence-electron chi connectivity index (χ1n) is 9.75. The minimum atomic E-state index is -3.00. The number of benzene rings is 1. The van der Waals surface area contributed by atoms with Crippen LogP contribution in [-0.2, 0) is 9.84 Å². The number of rotatable bonds is 4. The normalized spacial score (nSPS) is 23.5. The van der Waals surface area contributed by atoms with Gasteiger partial charge in [0.05, 0.1) is 28.8 Å². The molecule has 1 N–H and O–H groups in total. The molecular formula is C20H26N4O3S. The highest BCUT2D eigenvalue weighted by atomic mass is 32.2. The number of nitrogens with zero attached hydrogens (tertiary/aromatic N) is 3. The quantitative estimate of drug-likeness (QED) is 0.850. The van der Waals surface area contributed by atoms with Gasteiger partial charge in [0.25, 0.3) is 5.91 Å². The molecule has 1 fully saturated rings. The molecule has 2 aliphatic heterocycles. The van der Waals surface area contributed by atoms with Gasteiger partial charge in [-0.25, -0.2) is 8.42 Å². The van der Waals surface area contributed by atoms with Crippen molar-refractivity contribution < 1.29 is 13.2 Å². The molecule has 2 aromatic rings. The van der Waals surface area contributed by atoms with E-state index in [-0.39, 0.29) is 29.6 Å². The Bertz CT molecular complexity index is 1030. The van der Waals surface area contributed by atoms with Gasteiger partial charge in [-0.05, 0) is 38.8 Å². The number of amides is 1. The Morgan fingerprint density at radius 3 is 2.68 bits per heavy atom. The summed E-state index contributed by atoms with van der Waals surface area (Å²) in [5.41, 5.74) is 4.20. The number of nitrogens with one attached hydrogen (secondary N) is 1. The van der Waals surface area contributed by atoms with Gasteiger partial charge in [0.1, 0.15) is 6.17 Å². The van der Waals surface area contributed by atoms with Gasteiger partial charge >= 0.3 is 0 Å². The molecule has 4 rings (SSSR count). The third-order valence-corrected chi connectivity index (χ3v) is 7.45. The number of carbonyl (C=O) groups excluding carboxylic acids is 1. The molecule has 1 aromatic heterocycles. The summed E-state index contributed by atoms with van der Waals surface area (Å²) in [4.78, 5) is 15.0. The van der Waals surface area contributed by atoms with Crippen LogP contribution in [0.3, 0.4) is 0 Å². The fourth-order valence-electron chi connectivity index (χ4n) is 4.39. The highest BCUT2D eigenvalue weighted by molar-refractivity contribution is 7.91. The zero-order valence-corrected chi connectivity index (χ0v) is 17.3. The fourth-order valence-corrected chi connectivity index (χ4v) is 6.08. The van der Waals surface area contributed by atoms with Crippen molar-refractivity contribution in [3.63, 3.8) is 0 Å². The summed E-state index contributed by atoms with van der Waals surface area (Å²) in [6, 6.07) is 7.41. The minimum Gasteiger partial charge on any atom is -0.361 e. The summed E-state index contributed by atoms with van der Waals surface area (Å²) in [6.45, 7) is 6.58. The van der Waals surface area contributed by atoms with E-state index >= 15 is 0 Å². The lowest BCUT2D eigenvalue weighted by Crippen LogP contribution is -2.43. The third kappa shape index (κ3) is 3.09. The largest absolute Gasteiger partial charge is 0.361 e. The van der Waals surface area contributed by atoms with E-state index in [1.165, 1.54) is 0 Å². The summed E-state index contributed by atoms with van der Waals surface area (Å²) < 4.78 is 25.7. The highest BCUT2D eigenvalue weighted by Crippen LogP contribution is 2.37. The van der Waals surface area contributed by atoms with Gasteiger partial charge in [0, 0.05) is 23.5 Å². The van der Waals surface area contributed by atoms with Crippen molar-refractivity contribution in [2.45, 2.75) is 45.8 Å². The van der Waals surface area contributed by atoms with Crippen molar-refractivity contribution in [3.8, 4) is 0 Å². The Hall–Kier alpha value is -2.35. The first-order valence-corrected chi connectivity index (χ1v) is 11.6. The summed E-state index contributed by atoms with van der Waals surface area (Å²) in [7, 11) is -3.00. The topological polar surface area (TPSA) is 84.3 Å². The smallest absolute Gasteiger partial charge is 0.257 e. The summed E-state index contributed by atoms with van der Waals surface area (Å²) in [5, 5.41) is 8.20. The van der Waals surface area contributed by atoms with E-state index < -0.39 is 9.84 Å². The van der Waals surface area contributed by atoms with Gasteiger partial charge in [-0.15, -0.1) is 0 Å². The predicted octanol–water partition coefficient (Wildman–Crippen LogP) is 2.84. The van der Waals surface area contributed by atoms with Gasteiger partial charge in [0.2, 0.25) is 0 Å². The summed E-state index contributed by atoms with van der Waals surface area (Å²) in [5.74, 6) is 0.351. The molecule has 0 saturated carbocycles. The lowest BCUT2D eigenvalue weighted by Gasteiger charge is -2.38. The second kappa shape index (κ2) is 6.92. The number of para-hydroxylation sites is 1. The van der Waals surface area contributed by atoms with Crippen LogP contribution in [0.4, 0.5) is 5.69 Å². The molecule has 1 saturated heterocycles. The monoisotopic (exact) mass is 402 g/mol. The second-order valence-electron chi connectivity index (χ2n) is 7.68. The number of anilines is 1. The maximum absolute atomic E-state index is 13.1. The zero-order valence-electron chi connectivity index (χ0n) is 16.5. The Labute approximate surface area is 165 Å². The van der Waals surface area contributed by atoms with Crippen LogP contribution >= 0.6 is 0 Å². The van der Waals surface area contributed by atoms with E-state index in [4.69, 9.17) is 0 Å². The Balaban J connectivity index is 1.76. The Morgan fingerprint density at radius 1 is 1.25 bits per heavy atom. The number of aromatic nitrogens is 2. The molecule has 2 atom stereocenters. The summed E-state index contributed by atoms with van der Waals surface area (Å²) >= 11 is 0. The molecule has 28 heavy (non-hydrogen) atoms. The van der Waals surface area contributed by atoms with Crippen LogP contribution in [-0.4, -0.2) is 47.1 Å². The standard InChI is InChI=1S/C20H26N4O3S/c1-4-10-23-19(21-17-8-6-5-7-16(17)20(23)25)18-13(2)22-24(14(18)3)15-9-11-28(26,27)12-15/h5-8,15,19,21H,4,9-12H2,1-3H3/t15-,19+/m1/s1. The number of carbonyl (C=O) groups is 1. The van der Waals surface area contributed by atoms with Crippen molar-refractivity contribution >= 4 is 21.4 Å². The van der Waals surface area contributed by atoms with Crippen molar-refractivity contribution in [1.29, 1.82) is 0 Å². The second-order valence-corrected chi connectivity index (χ2v) is 9.91. The van der Waals surface area contributed by atoms with E-state index in [1.54, 1.807) is 0 Å². The van der Waals surface area contributed by atoms with Crippen molar-refractivity contribution in [1.82, 2.24) is 14.7 Å². The molecule has 0 aliphatic carbocycles. The zero-order chi connectivity index (χ0) is 20.1. The number of fused-ring (bicyclic) bond motifs is 1. The molecule has 0 bridgehead atoms.